The standard InChI is InChI=1S/C14H22BrNO3S/c1-13(2,3)19-12(18)16-8-14(4,9-17)6-11-5-10(15)7-20-11/h5,7,17H,6,8-9H2,1-4H3,(H,16,18). The summed E-state index contributed by atoms with van der Waals surface area (Å²) in [6.07, 6.45) is 0.250. The van der Waals surface area contributed by atoms with Gasteiger partial charge < -0.3 is 15.2 Å². The molecule has 4 nitrogen and oxygen atoms in total. The summed E-state index contributed by atoms with van der Waals surface area (Å²) >= 11 is 5.05. The second-order valence-corrected chi connectivity index (χ2v) is 8.14. The highest BCUT2D eigenvalue weighted by Crippen LogP contribution is 2.27. The van der Waals surface area contributed by atoms with E-state index >= 15 is 0 Å². The van der Waals surface area contributed by atoms with E-state index in [1.807, 2.05) is 39.1 Å². The lowest BCUT2D eigenvalue weighted by Crippen LogP contribution is -2.41. The number of carbonyl (C=O) groups excluding carboxylic acids is 1. The van der Waals surface area contributed by atoms with Crippen molar-refractivity contribution < 1.29 is 14.6 Å². The number of alkyl carbamates (subject to hydrolysis) is 1. The first-order chi connectivity index (χ1) is 9.13. The molecule has 1 heterocycles. The van der Waals surface area contributed by atoms with Gasteiger partial charge in [0.1, 0.15) is 5.60 Å². The average molecular weight is 364 g/mol. The minimum atomic E-state index is -0.516. The number of halogens is 1. The quantitative estimate of drug-likeness (QED) is 0.840. The Bertz CT molecular complexity index is 456. The maximum atomic E-state index is 11.7. The van der Waals surface area contributed by atoms with Gasteiger partial charge in [-0.1, -0.05) is 6.92 Å². The monoisotopic (exact) mass is 363 g/mol. The third kappa shape index (κ3) is 6.24. The van der Waals surface area contributed by atoms with Crippen LogP contribution in [0.25, 0.3) is 0 Å². The molecule has 0 spiro atoms. The van der Waals surface area contributed by atoms with Crippen molar-refractivity contribution >= 4 is 33.4 Å². The molecule has 0 saturated heterocycles. The highest BCUT2D eigenvalue weighted by atomic mass is 79.9. The number of nitrogens with one attached hydrogen (secondary N) is 1. The third-order valence-electron chi connectivity index (χ3n) is 2.66. The van der Waals surface area contributed by atoms with Crippen molar-refractivity contribution in [1.82, 2.24) is 5.32 Å². The number of aliphatic hydroxyl groups is 1. The van der Waals surface area contributed by atoms with E-state index < -0.39 is 17.1 Å². The summed E-state index contributed by atoms with van der Waals surface area (Å²) in [7, 11) is 0. The summed E-state index contributed by atoms with van der Waals surface area (Å²) < 4.78 is 6.24. The lowest BCUT2D eigenvalue weighted by molar-refractivity contribution is 0.0479. The first-order valence-corrected chi connectivity index (χ1v) is 8.11. The third-order valence-corrected chi connectivity index (χ3v) is 4.36. The number of hydrogen-bond acceptors (Lipinski definition) is 4. The molecule has 1 amide bonds. The van der Waals surface area contributed by atoms with Crippen LogP contribution in [0.3, 0.4) is 0 Å². The molecule has 0 aliphatic carbocycles. The van der Waals surface area contributed by atoms with Crippen LogP contribution < -0.4 is 5.32 Å². The van der Waals surface area contributed by atoms with Gasteiger partial charge in [0.25, 0.3) is 0 Å². The Balaban J connectivity index is 2.55. The Labute approximate surface area is 132 Å². The predicted molar refractivity (Wildman–Crippen MR) is 85.2 cm³/mol. The fourth-order valence-electron chi connectivity index (χ4n) is 1.64. The van der Waals surface area contributed by atoms with Gasteiger partial charge in [-0.2, -0.15) is 0 Å². The highest BCUT2D eigenvalue weighted by molar-refractivity contribution is 9.10. The van der Waals surface area contributed by atoms with Gasteiger partial charge in [-0.05, 0) is 49.2 Å². The van der Waals surface area contributed by atoms with Crippen molar-refractivity contribution in [3.63, 3.8) is 0 Å². The zero-order valence-electron chi connectivity index (χ0n) is 12.3. The van der Waals surface area contributed by atoms with E-state index in [1.54, 1.807) is 11.3 Å². The van der Waals surface area contributed by atoms with Gasteiger partial charge in [-0.25, -0.2) is 4.79 Å². The Morgan fingerprint density at radius 3 is 2.55 bits per heavy atom. The fraction of sp³-hybridized carbons (Fsp3) is 0.643. The Morgan fingerprint density at radius 1 is 1.45 bits per heavy atom. The minimum Gasteiger partial charge on any atom is -0.444 e. The zero-order valence-corrected chi connectivity index (χ0v) is 14.7. The van der Waals surface area contributed by atoms with E-state index in [0.717, 1.165) is 4.47 Å². The van der Waals surface area contributed by atoms with Crippen LogP contribution in [0.4, 0.5) is 4.79 Å². The van der Waals surface area contributed by atoms with E-state index in [0.29, 0.717) is 13.0 Å². The molecule has 0 saturated carbocycles. The van der Waals surface area contributed by atoms with Crippen molar-refractivity contribution in [2.45, 2.75) is 39.7 Å². The molecule has 2 N–H and O–H groups in total. The second kappa shape index (κ2) is 6.91. The molecule has 1 unspecified atom stereocenters. The van der Waals surface area contributed by atoms with Crippen molar-refractivity contribution in [3.8, 4) is 0 Å². The maximum absolute atomic E-state index is 11.7. The Morgan fingerprint density at radius 2 is 2.10 bits per heavy atom. The van der Waals surface area contributed by atoms with Crippen molar-refractivity contribution in [1.29, 1.82) is 0 Å². The lowest BCUT2D eigenvalue weighted by Gasteiger charge is -2.28. The molecular weight excluding hydrogens is 342 g/mol. The fourth-order valence-corrected chi connectivity index (χ4v) is 3.31. The summed E-state index contributed by atoms with van der Waals surface area (Å²) in [4.78, 5) is 12.8. The van der Waals surface area contributed by atoms with Crippen LogP contribution in [-0.2, 0) is 11.2 Å². The number of hydrogen-bond donors (Lipinski definition) is 2. The first-order valence-electron chi connectivity index (χ1n) is 6.44. The Hall–Kier alpha value is -0.590. The summed E-state index contributed by atoms with van der Waals surface area (Å²) in [6, 6.07) is 2.03. The first kappa shape index (κ1) is 17.5. The minimum absolute atomic E-state index is 0.00167. The smallest absolute Gasteiger partial charge is 0.407 e. The summed E-state index contributed by atoms with van der Waals surface area (Å²) in [5, 5.41) is 14.3. The zero-order chi connectivity index (χ0) is 15.4. The number of ether oxygens (including phenoxy) is 1. The van der Waals surface area contributed by atoms with Crippen LogP contribution in [-0.4, -0.2) is 30.0 Å². The molecule has 1 atom stereocenters. The number of carbonyl (C=O) groups is 1. The van der Waals surface area contributed by atoms with Gasteiger partial charge >= 0.3 is 6.09 Å². The predicted octanol–water partition coefficient (Wildman–Crippen LogP) is 3.58. The van der Waals surface area contributed by atoms with Crippen LogP contribution in [0.15, 0.2) is 15.9 Å². The number of thiophene rings is 1. The SMILES string of the molecule is CC(CO)(CNC(=O)OC(C)(C)C)Cc1cc(Br)cs1. The molecule has 0 aliphatic rings. The van der Waals surface area contributed by atoms with Gasteiger partial charge in [0.15, 0.2) is 0 Å². The molecule has 0 bridgehead atoms. The number of aliphatic hydroxyl groups excluding tert-OH is 1. The second-order valence-electron chi connectivity index (χ2n) is 6.23. The van der Waals surface area contributed by atoms with Crippen molar-refractivity contribution in [3.05, 3.63) is 20.8 Å². The maximum Gasteiger partial charge on any atom is 0.407 e. The van der Waals surface area contributed by atoms with Crippen LogP contribution in [0.5, 0.6) is 0 Å². The van der Waals surface area contributed by atoms with Crippen LogP contribution in [0.1, 0.15) is 32.6 Å². The van der Waals surface area contributed by atoms with Crippen molar-refractivity contribution in [2.75, 3.05) is 13.2 Å². The van der Waals surface area contributed by atoms with Gasteiger partial charge in [0, 0.05) is 26.7 Å². The molecule has 0 aromatic carbocycles. The molecule has 20 heavy (non-hydrogen) atoms. The topological polar surface area (TPSA) is 58.6 Å². The molecule has 114 valence electrons. The molecule has 0 aliphatic heterocycles. The average Bonchev–Trinajstić information content (AvgIpc) is 2.70. The molecular formula is C14H22BrNO3S. The van der Waals surface area contributed by atoms with Gasteiger partial charge in [-0.15, -0.1) is 11.3 Å². The van der Waals surface area contributed by atoms with E-state index in [-0.39, 0.29) is 6.61 Å². The van der Waals surface area contributed by atoms with Gasteiger partial charge in [-0.3, -0.25) is 0 Å². The number of amides is 1. The molecule has 0 fully saturated rings. The van der Waals surface area contributed by atoms with Crippen LogP contribution in [0.2, 0.25) is 0 Å². The van der Waals surface area contributed by atoms with E-state index in [9.17, 15) is 9.90 Å². The van der Waals surface area contributed by atoms with E-state index in [2.05, 4.69) is 21.2 Å². The van der Waals surface area contributed by atoms with Crippen LogP contribution in [0, 0.1) is 5.41 Å². The van der Waals surface area contributed by atoms with Crippen molar-refractivity contribution in [2.24, 2.45) is 5.41 Å². The Kier molecular flexibility index (Phi) is 6.04. The summed E-state index contributed by atoms with van der Waals surface area (Å²) in [5.74, 6) is 0. The highest BCUT2D eigenvalue weighted by Gasteiger charge is 2.26. The molecule has 6 heteroatoms. The number of rotatable bonds is 5. The van der Waals surface area contributed by atoms with Gasteiger partial charge in [0.2, 0.25) is 0 Å². The summed E-state index contributed by atoms with van der Waals surface area (Å²) in [6.45, 7) is 7.77. The van der Waals surface area contributed by atoms with Crippen LogP contribution >= 0.6 is 27.3 Å². The van der Waals surface area contributed by atoms with E-state index in [1.165, 1.54) is 4.88 Å². The van der Waals surface area contributed by atoms with E-state index in [4.69, 9.17) is 4.74 Å². The summed E-state index contributed by atoms with van der Waals surface area (Å²) in [5.41, 5.74) is -0.917. The molecule has 1 aromatic heterocycles. The molecule has 0 radical (unpaired) electrons. The lowest BCUT2D eigenvalue weighted by atomic mass is 9.87. The normalized spacial score (nSPS) is 14.7. The molecule has 1 rings (SSSR count). The van der Waals surface area contributed by atoms with Gasteiger partial charge in [0.05, 0.1) is 6.61 Å². The molecule has 1 aromatic rings. The largest absolute Gasteiger partial charge is 0.444 e.